The zero-order valence-corrected chi connectivity index (χ0v) is 8.26. The number of nitrogens with one attached hydrogen (secondary N) is 1. The van der Waals surface area contributed by atoms with Gasteiger partial charge >= 0.3 is 0 Å². The van der Waals surface area contributed by atoms with Crippen molar-refractivity contribution in [3.05, 3.63) is 54.1 Å². The van der Waals surface area contributed by atoms with E-state index < -0.39 is 5.91 Å². The summed E-state index contributed by atoms with van der Waals surface area (Å²) in [6.07, 6.45) is 7.40. The fourth-order valence-corrected chi connectivity index (χ4v) is 1.03. The van der Waals surface area contributed by atoms with Gasteiger partial charge < -0.3 is 0 Å². The molecule has 1 amide bonds. The van der Waals surface area contributed by atoms with Gasteiger partial charge in [-0.05, 0) is 5.56 Å². The number of amides is 1. The van der Waals surface area contributed by atoms with Gasteiger partial charge in [0.15, 0.2) is 0 Å². The molecule has 0 spiro atoms. The zero-order valence-electron chi connectivity index (χ0n) is 8.26. The van der Waals surface area contributed by atoms with Gasteiger partial charge in [-0.2, -0.15) is 0 Å². The molecule has 0 aliphatic carbocycles. The molecule has 0 atom stereocenters. The van der Waals surface area contributed by atoms with Gasteiger partial charge in [0, 0.05) is 6.42 Å². The van der Waals surface area contributed by atoms with Crippen molar-refractivity contribution < 1.29 is 10.0 Å². The number of carbonyl (C=O) groups excluding carboxylic acids is 1. The molecule has 0 aliphatic rings. The molecular formula is C12H13NO2. The van der Waals surface area contributed by atoms with Crippen LogP contribution in [0.5, 0.6) is 0 Å². The van der Waals surface area contributed by atoms with E-state index in [0.29, 0.717) is 0 Å². The van der Waals surface area contributed by atoms with Gasteiger partial charge in [0.05, 0.1) is 0 Å². The molecule has 0 heterocycles. The van der Waals surface area contributed by atoms with E-state index in [1.54, 1.807) is 17.6 Å². The van der Waals surface area contributed by atoms with E-state index in [4.69, 9.17) is 5.21 Å². The Hall–Kier alpha value is -1.87. The smallest absolute Gasteiger partial charge is 0.247 e. The Morgan fingerprint density at radius 1 is 1.27 bits per heavy atom. The van der Waals surface area contributed by atoms with Crippen molar-refractivity contribution >= 4 is 12.0 Å². The molecule has 0 fully saturated rings. The lowest BCUT2D eigenvalue weighted by Gasteiger charge is -1.90. The number of benzene rings is 1. The van der Waals surface area contributed by atoms with Crippen LogP contribution in [-0.2, 0) is 4.79 Å². The van der Waals surface area contributed by atoms with Crippen LogP contribution >= 0.6 is 0 Å². The molecule has 0 saturated heterocycles. The van der Waals surface area contributed by atoms with E-state index in [-0.39, 0.29) is 6.42 Å². The van der Waals surface area contributed by atoms with E-state index in [1.807, 2.05) is 42.5 Å². The summed E-state index contributed by atoms with van der Waals surface area (Å²) in [6, 6.07) is 9.86. The minimum atomic E-state index is -0.417. The molecule has 1 aromatic rings. The molecule has 15 heavy (non-hydrogen) atoms. The summed E-state index contributed by atoms with van der Waals surface area (Å²) in [7, 11) is 0. The second-order valence-electron chi connectivity index (χ2n) is 2.94. The van der Waals surface area contributed by atoms with Crippen molar-refractivity contribution in [1.29, 1.82) is 0 Å². The third-order valence-corrected chi connectivity index (χ3v) is 1.76. The van der Waals surface area contributed by atoms with Crippen molar-refractivity contribution in [2.75, 3.05) is 0 Å². The second-order valence-corrected chi connectivity index (χ2v) is 2.94. The van der Waals surface area contributed by atoms with Crippen molar-refractivity contribution in [1.82, 2.24) is 5.48 Å². The lowest BCUT2D eigenvalue weighted by Crippen LogP contribution is -2.16. The normalized spacial score (nSPS) is 11.0. The van der Waals surface area contributed by atoms with Crippen LogP contribution in [0.3, 0.4) is 0 Å². The predicted molar refractivity (Wildman–Crippen MR) is 59.2 cm³/mol. The van der Waals surface area contributed by atoms with Crippen LogP contribution in [0.15, 0.2) is 48.6 Å². The van der Waals surface area contributed by atoms with E-state index >= 15 is 0 Å². The molecule has 1 aromatic carbocycles. The first-order valence-corrected chi connectivity index (χ1v) is 4.64. The van der Waals surface area contributed by atoms with Crippen molar-refractivity contribution in [2.24, 2.45) is 0 Å². The van der Waals surface area contributed by atoms with Crippen LogP contribution in [0.2, 0.25) is 0 Å². The van der Waals surface area contributed by atoms with Crippen LogP contribution in [0.4, 0.5) is 0 Å². The standard InChI is InChI=1S/C12H13NO2/c14-12(13-15)10-6-2-5-9-11-7-3-1-4-8-11/h1-9,15H,10H2,(H,13,14)/b6-2+,9-5+. The highest BCUT2D eigenvalue weighted by atomic mass is 16.5. The highest BCUT2D eigenvalue weighted by Gasteiger charge is 1.90. The molecule has 1 rings (SSSR count). The quantitative estimate of drug-likeness (QED) is 0.447. The predicted octanol–water partition coefficient (Wildman–Crippen LogP) is 2.15. The highest BCUT2D eigenvalue weighted by Crippen LogP contribution is 2.00. The molecular weight excluding hydrogens is 190 g/mol. The van der Waals surface area contributed by atoms with E-state index in [0.717, 1.165) is 5.56 Å². The van der Waals surface area contributed by atoms with Crippen LogP contribution in [0, 0.1) is 0 Å². The summed E-state index contributed by atoms with van der Waals surface area (Å²) < 4.78 is 0. The van der Waals surface area contributed by atoms with Crippen molar-refractivity contribution in [2.45, 2.75) is 6.42 Å². The maximum atomic E-state index is 10.6. The van der Waals surface area contributed by atoms with Gasteiger partial charge in [0.2, 0.25) is 5.91 Å². The van der Waals surface area contributed by atoms with E-state index in [2.05, 4.69) is 0 Å². The van der Waals surface area contributed by atoms with Crippen LogP contribution < -0.4 is 5.48 Å². The van der Waals surface area contributed by atoms with Gasteiger partial charge in [-0.25, -0.2) is 5.48 Å². The molecule has 0 unspecified atom stereocenters. The number of carbonyl (C=O) groups is 1. The van der Waals surface area contributed by atoms with Crippen molar-refractivity contribution in [3.8, 4) is 0 Å². The Bertz CT molecular complexity index is 355. The lowest BCUT2D eigenvalue weighted by molar-refractivity contribution is -0.128. The summed E-state index contributed by atoms with van der Waals surface area (Å²) in [5.74, 6) is -0.417. The monoisotopic (exact) mass is 203 g/mol. The number of hydrogen-bond donors (Lipinski definition) is 2. The summed E-state index contributed by atoms with van der Waals surface area (Å²) in [4.78, 5) is 10.6. The van der Waals surface area contributed by atoms with Gasteiger partial charge in [-0.1, -0.05) is 54.6 Å². The second kappa shape index (κ2) is 6.56. The van der Waals surface area contributed by atoms with Gasteiger partial charge in [0.25, 0.3) is 0 Å². The highest BCUT2D eigenvalue weighted by molar-refractivity contribution is 5.76. The first-order valence-electron chi connectivity index (χ1n) is 4.64. The van der Waals surface area contributed by atoms with Gasteiger partial charge in [-0.15, -0.1) is 0 Å². The fraction of sp³-hybridized carbons (Fsp3) is 0.0833. The SMILES string of the molecule is O=C(C/C=C/C=C/c1ccccc1)NO. The molecule has 3 nitrogen and oxygen atoms in total. The summed E-state index contributed by atoms with van der Waals surface area (Å²) >= 11 is 0. The first kappa shape index (κ1) is 11.2. The van der Waals surface area contributed by atoms with Crippen LogP contribution in [0.1, 0.15) is 12.0 Å². The van der Waals surface area contributed by atoms with Crippen LogP contribution in [-0.4, -0.2) is 11.1 Å². The Morgan fingerprint density at radius 3 is 2.67 bits per heavy atom. The third-order valence-electron chi connectivity index (χ3n) is 1.76. The largest absolute Gasteiger partial charge is 0.289 e. The molecule has 0 aromatic heterocycles. The van der Waals surface area contributed by atoms with Crippen molar-refractivity contribution in [3.63, 3.8) is 0 Å². The molecule has 0 saturated carbocycles. The molecule has 0 aliphatic heterocycles. The van der Waals surface area contributed by atoms with E-state index in [9.17, 15) is 4.79 Å². The maximum absolute atomic E-state index is 10.6. The number of hydroxylamine groups is 1. The number of allylic oxidation sites excluding steroid dienone is 2. The summed E-state index contributed by atoms with van der Waals surface area (Å²) in [5.41, 5.74) is 2.66. The summed E-state index contributed by atoms with van der Waals surface area (Å²) in [5, 5.41) is 8.22. The first-order chi connectivity index (χ1) is 7.33. The average molecular weight is 203 g/mol. The molecule has 78 valence electrons. The topological polar surface area (TPSA) is 49.3 Å². The third kappa shape index (κ3) is 4.78. The fourth-order valence-electron chi connectivity index (χ4n) is 1.03. The number of rotatable bonds is 4. The Kier molecular flexibility index (Phi) is 4.90. The number of hydrogen-bond acceptors (Lipinski definition) is 2. The Labute approximate surface area is 88.7 Å². The molecule has 3 heteroatoms. The minimum absolute atomic E-state index is 0.176. The molecule has 0 bridgehead atoms. The van der Waals surface area contributed by atoms with Gasteiger partial charge in [-0.3, -0.25) is 10.0 Å². The molecule has 0 radical (unpaired) electrons. The average Bonchev–Trinajstić information content (AvgIpc) is 2.29. The zero-order chi connectivity index (χ0) is 10.9. The van der Waals surface area contributed by atoms with E-state index in [1.165, 1.54) is 0 Å². The Morgan fingerprint density at radius 2 is 2.00 bits per heavy atom. The maximum Gasteiger partial charge on any atom is 0.247 e. The van der Waals surface area contributed by atoms with Gasteiger partial charge in [0.1, 0.15) is 0 Å². The summed E-state index contributed by atoms with van der Waals surface area (Å²) in [6.45, 7) is 0. The lowest BCUT2D eigenvalue weighted by atomic mass is 10.2. The Balaban J connectivity index is 2.37. The minimum Gasteiger partial charge on any atom is -0.289 e. The molecule has 2 N–H and O–H groups in total. The van der Waals surface area contributed by atoms with Crippen LogP contribution in [0.25, 0.3) is 6.08 Å².